The van der Waals surface area contributed by atoms with Crippen LogP contribution in [-0.2, 0) is 0 Å². The lowest BCUT2D eigenvalue weighted by Gasteiger charge is -1.97. The number of aliphatic imine (C=N–C) groups is 1. The molecular weight excluding hydrogens is 308 g/mol. The first-order valence-electron chi connectivity index (χ1n) is 5.55. The third kappa shape index (κ3) is 2.69. The minimum absolute atomic E-state index is 0.166. The van der Waals surface area contributed by atoms with Crippen LogP contribution in [0.1, 0.15) is 22.5 Å². The predicted molar refractivity (Wildman–Crippen MR) is 76.0 cm³/mol. The number of nitriles is 1. The maximum atomic E-state index is 9.40. The molecule has 1 aromatic carbocycles. The van der Waals surface area contributed by atoms with Crippen molar-refractivity contribution in [2.45, 2.75) is 13.8 Å². The molecule has 2 aromatic rings. The van der Waals surface area contributed by atoms with Gasteiger partial charge in [-0.2, -0.15) is 5.26 Å². The minimum Gasteiger partial charge on any atom is -0.507 e. The summed E-state index contributed by atoms with van der Waals surface area (Å²) in [4.78, 5) is 4.18. The Morgan fingerprint density at radius 2 is 2.16 bits per heavy atom. The Kier molecular flexibility index (Phi) is 3.72. The highest BCUT2D eigenvalue weighted by molar-refractivity contribution is 9.10. The first-order valence-corrected chi connectivity index (χ1v) is 6.35. The molecule has 0 unspecified atom stereocenters. The van der Waals surface area contributed by atoms with E-state index in [0.717, 1.165) is 11.1 Å². The van der Waals surface area contributed by atoms with Gasteiger partial charge in [0.05, 0.1) is 4.47 Å². The first kappa shape index (κ1) is 13.4. The summed E-state index contributed by atoms with van der Waals surface area (Å²) in [5, 5.41) is 18.5. The van der Waals surface area contributed by atoms with E-state index in [0.29, 0.717) is 21.7 Å². The van der Waals surface area contributed by atoms with Gasteiger partial charge in [0.1, 0.15) is 23.1 Å². The first-order chi connectivity index (χ1) is 9.02. The van der Waals surface area contributed by atoms with E-state index >= 15 is 0 Å². The van der Waals surface area contributed by atoms with Crippen molar-refractivity contribution in [1.29, 1.82) is 5.26 Å². The summed E-state index contributed by atoms with van der Waals surface area (Å²) in [5.41, 5.74) is 2.05. The zero-order valence-corrected chi connectivity index (χ0v) is 12.0. The van der Waals surface area contributed by atoms with Crippen LogP contribution in [0.5, 0.6) is 5.75 Å². The Morgan fingerprint density at radius 1 is 1.42 bits per heavy atom. The highest BCUT2D eigenvalue weighted by Crippen LogP contribution is 2.28. The number of aryl methyl sites for hydroxylation is 1. The van der Waals surface area contributed by atoms with E-state index in [-0.39, 0.29) is 5.75 Å². The average Bonchev–Trinajstić information content (AvgIpc) is 2.66. The molecule has 19 heavy (non-hydrogen) atoms. The number of phenolic OH excluding ortho intramolecular Hbond substituents is 1. The highest BCUT2D eigenvalue weighted by atomic mass is 79.9. The molecule has 0 aliphatic rings. The smallest absolute Gasteiger partial charge is 0.237 e. The van der Waals surface area contributed by atoms with Gasteiger partial charge >= 0.3 is 0 Å². The van der Waals surface area contributed by atoms with Crippen molar-refractivity contribution in [3.05, 3.63) is 45.1 Å². The summed E-state index contributed by atoms with van der Waals surface area (Å²) in [5.74, 6) is 1.16. The summed E-state index contributed by atoms with van der Waals surface area (Å²) in [6.07, 6.45) is 1.59. The second kappa shape index (κ2) is 5.29. The quantitative estimate of drug-likeness (QED) is 0.851. The van der Waals surface area contributed by atoms with Crippen LogP contribution in [0.15, 0.2) is 32.1 Å². The molecule has 0 aliphatic carbocycles. The summed E-state index contributed by atoms with van der Waals surface area (Å²) >= 11 is 3.23. The summed E-state index contributed by atoms with van der Waals surface area (Å²) in [7, 11) is 0. The van der Waals surface area contributed by atoms with Crippen LogP contribution in [-0.4, -0.2) is 11.3 Å². The van der Waals surface area contributed by atoms with Crippen LogP contribution in [0.4, 0.5) is 5.88 Å². The van der Waals surface area contributed by atoms with E-state index in [2.05, 4.69) is 27.0 Å². The van der Waals surface area contributed by atoms with Gasteiger partial charge in [0, 0.05) is 11.8 Å². The van der Waals surface area contributed by atoms with Gasteiger partial charge in [-0.25, -0.2) is 4.99 Å². The molecule has 1 heterocycles. The number of hydrogen-bond acceptors (Lipinski definition) is 4. The molecule has 1 N–H and O–H groups in total. The van der Waals surface area contributed by atoms with Gasteiger partial charge in [-0.3, -0.25) is 0 Å². The molecule has 2 rings (SSSR count). The Balaban J connectivity index is 2.35. The fraction of sp³-hybridized carbons (Fsp3) is 0.143. The summed E-state index contributed by atoms with van der Waals surface area (Å²) < 4.78 is 6.02. The Bertz CT molecular complexity index is 696. The zero-order valence-electron chi connectivity index (χ0n) is 10.4. The molecule has 1 aromatic heterocycles. The molecule has 0 spiro atoms. The fourth-order valence-corrected chi connectivity index (χ4v) is 1.96. The van der Waals surface area contributed by atoms with Gasteiger partial charge in [-0.15, -0.1) is 0 Å². The van der Waals surface area contributed by atoms with Crippen LogP contribution in [0.3, 0.4) is 0 Å². The van der Waals surface area contributed by atoms with Crippen LogP contribution >= 0.6 is 15.9 Å². The van der Waals surface area contributed by atoms with Gasteiger partial charge in [0.2, 0.25) is 5.88 Å². The van der Waals surface area contributed by atoms with E-state index < -0.39 is 0 Å². The minimum atomic E-state index is 0.166. The second-order valence-electron chi connectivity index (χ2n) is 4.04. The molecule has 0 aliphatic heterocycles. The number of nitrogens with zero attached hydrogens (tertiary/aromatic N) is 2. The fourth-order valence-electron chi connectivity index (χ4n) is 1.57. The van der Waals surface area contributed by atoms with Gasteiger partial charge in [-0.1, -0.05) is 0 Å². The molecule has 5 heteroatoms. The Labute approximate surface area is 119 Å². The number of rotatable bonds is 2. The van der Waals surface area contributed by atoms with Crippen molar-refractivity contribution < 1.29 is 9.52 Å². The van der Waals surface area contributed by atoms with Crippen molar-refractivity contribution >= 4 is 28.0 Å². The van der Waals surface area contributed by atoms with E-state index in [1.165, 1.54) is 0 Å². The maximum Gasteiger partial charge on any atom is 0.237 e. The molecule has 96 valence electrons. The lowest BCUT2D eigenvalue weighted by atomic mass is 10.2. The topological polar surface area (TPSA) is 69.5 Å². The number of aromatic hydroxyl groups is 1. The average molecular weight is 319 g/mol. The standard InChI is InChI=1S/C14H11BrN2O2/c1-8-9(2)19-14(11(8)6-16)17-7-10-3-4-13(18)12(15)5-10/h3-5,7,18H,1-2H3. The largest absolute Gasteiger partial charge is 0.507 e. The van der Waals surface area contributed by atoms with Crippen molar-refractivity contribution in [2.24, 2.45) is 4.99 Å². The van der Waals surface area contributed by atoms with Gasteiger partial charge < -0.3 is 9.52 Å². The SMILES string of the molecule is Cc1oc(N=Cc2ccc(O)c(Br)c2)c(C#N)c1C. The molecule has 0 radical (unpaired) electrons. The number of benzene rings is 1. The van der Waals surface area contributed by atoms with Crippen molar-refractivity contribution in [3.8, 4) is 11.8 Å². The number of phenols is 1. The van der Waals surface area contributed by atoms with Crippen molar-refractivity contribution in [1.82, 2.24) is 0 Å². The van der Waals surface area contributed by atoms with Gasteiger partial charge in [-0.05, 0) is 53.5 Å². The molecule has 0 fully saturated rings. The molecular formula is C14H11BrN2O2. The third-order valence-electron chi connectivity index (χ3n) is 2.78. The van der Waals surface area contributed by atoms with E-state index in [1.807, 2.05) is 6.92 Å². The second-order valence-corrected chi connectivity index (χ2v) is 4.90. The summed E-state index contributed by atoms with van der Waals surface area (Å²) in [6.45, 7) is 3.62. The van der Waals surface area contributed by atoms with Gasteiger partial charge in [0.15, 0.2) is 0 Å². The van der Waals surface area contributed by atoms with Crippen LogP contribution in [0.25, 0.3) is 0 Å². The Hall–Kier alpha value is -2.06. The molecule has 0 bridgehead atoms. The maximum absolute atomic E-state index is 9.40. The molecule has 4 nitrogen and oxygen atoms in total. The predicted octanol–water partition coefficient (Wildman–Crippen LogP) is 3.99. The van der Waals surface area contributed by atoms with Gasteiger partial charge in [0.25, 0.3) is 0 Å². The molecule has 0 saturated carbocycles. The van der Waals surface area contributed by atoms with Crippen molar-refractivity contribution in [2.75, 3.05) is 0 Å². The monoisotopic (exact) mass is 318 g/mol. The van der Waals surface area contributed by atoms with Crippen LogP contribution in [0, 0.1) is 25.2 Å². The van der Waals surface area contributed by atoms with E-state index in [9.17, 15) is 5.11 Å². The number of hydrogen-bond donors (Lipinski definition) is 1. The highest BCUT2D eigenvalue weighted by Gasteiger charge is 2.12. The molecule has 0 saturated heterocycles. The van der Waals surface area contributed by atoms with Crippen LogP contribution in [0.2, 0.25) is 0 Å². The summed E-state index contributed by atoms with van der Waals surface area (Å²) in [6, 6.07) is 7.10. The van der Waals surface area contributed by atoms with E-state index in [1.54, 1.807) is 31.3 Å². The van der Waals surface area contributed by atoms with Crippen LogP contribution < -0.4 is 0 Å². The number of halogens is 1. The van der Waals surface area contributed by atoms with Crippen molar-refractivity contribution in [3.63, 3.8) is 0 Å². The molecule has 0 amide bonds. The zero-order chi connectivity index (χ0) is 14.0. The Morgan fingerprint density at radius 3 is 2.79 bits per heavy atom. The van der Waals surface area contributed by atoms with E-state index in [4.69, 9.17) is 9.68 Å². The normalized spacial score (nSPS) is 10.8. The third-order valence-corrected chi connectivity index (χ3v) is 3.42. The lowest BCUT2D eigenvalue weighted by Crippen LogP contribution is -1.81. The lowest BCUT2D eigenvalue weighted by molar-refractivity contribution is 0.472. The molecule has 0 atom stereocenters. The number of furan rings is 1.